The Hall–Kier alpha value is -4.57. The van der Waals surface area contributed by atoms with E-state index in [0.29, 0.717) is 6.33 Å². The molecular weight excluding hydrogens is 520 g/mol. The molecule has 0 saturated heterocycles. The molecule has 9 nitrogen and oxygen atoms in total. The summed E-state index contributed by atoms with van der Waals surface area (Å²) in [6.07, 6.45) is -2.28. The van der Waals surface area contributed by atoms with Crippen LogP contribution in [-0.2, 0) is 12.7 Å². The molecule has 2 heterocycles. The monoisotopic (exact) mass is 534 g/mol. The molecule has 0 aliphatic heterocycles. The Labute approximate surface area is 210 Å². The molecule has 0 atom stereocenters. The van der Waals surface area contributed by atoms with Crippen molar-refractivity contribution >= 4 is 23.9 Å². The number of hydrogen-bond acceptors (Lipinski definition) is 7. The highest BCUT2D eigenvalue weighted by Gasteiger charge is 2.38. The molecular formula is C23H15ClF4N6O3. The van der Waals surface area contributed by atoms with Gasteiger partial charge < -0.3 is 4.74 Å². The van der Waals surface area contributed by atoms with Crippen molar-refractivity contribution in [1.29, 1.82) is 5.26 Å². The third-order valence-electron chi connectivity index (χ3n) is 4.57. The van der Waals surface area contributed by atoms with Crippen molar-refractivity contribution in [3.8, 4) is 17.6 Å². The van der Waals surface area contributed by atoms with Gasteiger partial charge in [-0.3, -0.25) is 19.1 Å². The number of nitriles is 1. The van der Waals surface area contributed by atoms with Crippen LogP contribution in [0.3, 0.4) is 0 Å². The van der Waals surface area contributed by atoms with E-state index in [9.17, 15) is 27.2 Å². The second-order valence-corrected chi connectivity index (χ2v) is 7.78. The molecule has 2 aromatic heterocycles. The zero-order valence-electron chi connectivity index (χ0n) is 18.8. The minimum Gasteiger partial charge on any atom is -0.449 e. The lowest BCUT2D eigenvalue weighted by Gasteiger charge is -2.15. The standard InChI is InChI=1S/C23H15ClF4N6O3/c1-12(25)3-14(9-30-2)18-7-16(32-33-21(18)35)10-34-11-31-20(23(26,27)28)19(22(34)36)37-17-5-13(8-29)4-15(24)6-17/h3-7,9,11H,2,10H2,1H3,(H,33,35)/b12-3+,14-9+. The van der Waals surface area contributed by atoms with E-state index in [4.69, 9.17) is 21.6 Å². The van der Waals surface area contributed by atoms with Crippen LogP contribution in [0.15, 0.2) is 63.3 Å². The molecule has 0 saturated carbocycles. The number of aliphatic imine (C=N–C) groups is 1. The molecule has 0 unspecified atom stereocenters. The van der Waals surface area contributed by atoms with Crippen LogP contribution in [-0.4, -0.2) is 26.5 Å². The quantitative estimate of drug-likeness (QED) is 0.268. The van der Waals surface area contributed by atoms with Gasteiger partial charge in [0.05, 0.1) is 41.6 Å². The van der Waals surface area contributed by atoms with Crippen molar-refractivity contribution in [3.05, 3.63) is 96.9 Å². The van der Waals surface area contributed by atoms with Gasteiger partial charge in [-0.1, -0.05) is 11.6 Å². The van der Waals surface area contributed by atoms with E-state index in [0.717, 1.165) is 35.9 Å². The Morgan fingerprint density at radius 3 is 2.68 bits per heavy atom. The van der Waals surface area contributed by atoms with Crippen molar-refractivity contribution in [2.45, 2.75) is 19.6 Å². The molecule has 3 aromatic rings. The second-order valence-electron chi connectivity index (χ2n) is 7.34. The number of rotatable bonds is 7. The number of benzene rings is 1. The summed E-state index contributed by atoms with van der Waals surface area (Å²) in [7, 11) is 0. The van der Waals surface area contributed by atoms with Crippen molar-refractivity contribution in [2.24, 2.45) is 4.99 Å². The summed E-state index contributed by atoms with van der Waals surface area (Å²) in [4.78, 5) is 32.1. The summed E-state index contributed by atoms with van der Waals surface area (Å²) in [5.74, 6) is -2.10. The zero-order chi connectivity index (χ0) is 27.3. The van der Waals surface area contributed by atoms with Crippen LogP contribution in [0.5, 0.6) is 11.5 Å². The fourth-order valence-electron chi connectivity index (χ4n) is 3.10. The van der Waals surface area contributed by atoms with Crippen molar-refractivity contribution in [1.82, 2.24) is 19.7 Å². The zero-order valence-corrected chi connectivity index (χ0v) is 19.6. The number of aromatic amines is 1. The maximum Gasteiger partial charge on any atom is 0.437 e. The summed E-state index contributed by atoms with van der Waals surface area (Å²) < 4.78 is 60.2. The molecule has 0 aliphatic carbocycles. The molecule has 0 aliphatic rings. The van der Waals surface area contributed by atoms with Gasteiger partial charge in [0.25, 0.3) is 11.1 Å². The minimum atomic E-state index is -5.05. The van der Waals surface area contributed by atoms with E-state index in [1.807, 2.05) is 0 Å². The van der Waals surface area contributed by atoms with Gasteiger partial charge in [0.2, 0.25) is 5.75 Å². The lowest BCUT2D eigenvalue weighted by molar-refractivity contribution is -0.142. The van der Waals surface area contributed by atoms with Crippen molar-refractivity contribution in [3.63, 3.8) is 0 Å². The van der Waals surface area contributed by atoms with Crippen LogP contribution in [0, 0.1) is 11.3 Å². The molecule has 0 radical (unpaired) electrons. The molecule has 1 N–H and O–H groups in total. The molecule has 190 valence electrons. The van der Waals surface area contributed by atoms with E-state index in [1.54, 1.807) is 6.07 Å². The van der Waals surface area contributed by atoms with Crippen molar-refractivity contribution in [2.75, 3.05) is 0 Å². The van der Waals surface area contributed by atoms with Crippen LogP contribution < -0.4 is 15.9 Å². The summed E-state index contributed by atoms with van der Waals surface area (Å²) in [6, 6.07) is 6.45. The average Bonchev–Trinajstić information content (AvgIpc) is 2.81. The molecule has 0 spiro atoms. The highest BCUT2D eigenvalue weighted by Crippen LogP contribution is 2.35. The van der Waals surface area contributed by atoms with Crippen LogP contribution >= 0.6 is 11.6 Å². The number of ether oxygens (including phenoxy) is 1. The number of allylic oxidation sites excluding steroid dienone is 3. The first-order valence-corrected chi connectivity index (χ1v) is 10.4. The smallest absolute Gasteiger partial charge is 0.437 e. The number of nitrogens with one attached hydrogen (secondary N) is 1. The van der Waals surface area contributed by atoms with Gasteiger partial charge in [-0.05, 0) is 44.0 Å². The van der Waals surface area contributed by atoms with Crippen LogP contribution in [0.25, 0.3) is 5.57 Å². The molecule has 37 heavy (non-hydrogen) atoms. The fraction of sp³-hybridized carbons (Fsp3) is 0.130. The molecule has 1 aromatic carbocycles. The van der Waals surface area contributed by atoms with E-state index >= 15 is 0 Å². The topological polar surface area (TPSA) is 126 Å². The normalized spacial score (nSPS) is 12.2. The second kappa shape index (κ2) is 11.0. The molecule has 0 amide bonds. The van der Waals surface area contributed by atoms with Gasteiger partial charge in [0, 0.05) is 16.8 Å². The number of aromatic nitrogens is 4. The van der Waals surface area contributed by atoms with Gasteiger partial charge >= 0.3 is 6.18 Å². The molecule has 0 fully saturated rings. The summed E-state index contributed by atoms with van der Waals surface area (Å²) in [6.45, 7) is 3.95. The average molecular weight is 535 g/mol. The highest BCUT2D eigenvalue weighted by atomic mass is 35.5. The Morgan fingerprint density at radius 1 is 1.32 bits per heavy atom. The predicted molar refractivity (Wildman–Crippen MR) is 126 cm³/mol. The third-order valence-corrected chi connectivity index (χ3v) is 4.79. The largest absolute Gasteiger partial charge is 0.449 e. The maximum absolute atomic E-state index is 13.6. The summed E-state index contributed by atoms with van der Waals surface area (Å²) in [5.41, 5.74) is -3.60. The Morgan fingerprint density at radius 2 is 2.05 bits per heavy atom. The molecule has 14 heteroatoms. The van der Waals surface area contributed by atoms with E-state index < -0.39 is 41.1 Å². The Bertz CT molecular complexity index is 1580. The van der Waals surface area contributed by atoms with Crippen LogP contribution in [0.1, 0.15) is 29.4 Å². The van der Waals surface area contributed by atoms with E-state index in [-0.39, 0.29) is 33.2 Å². The number of H-pyrrole nitrogens is 1. The summed E-state index contributed by atoms with van der Waals surface area (Å²) in [5, 5.41) is 15.0. The van der Waals surface area contributed by atoms with E-state index in [2.05, 4.69) is 26.9 Å². The maximum atomic E-state index is 13.6. The van der Waals surface area contributed by atoms with Gasteiger partial charge in [0.1, 0.15) is 5.75 Å². The minimum absolute atomic E-state index is 0.00719. The van der Waals surface area contributed by atoms with Crippen LogP contribution in [0.4, 0.5) is 17.6 Å². The van der Waals surface area contributed by atoms with Gasteiger partial charge in [0.15, 0.2) is 5.69 Å². The Kier molecular flexibility index (Phi) is 8.04. The lowest BCUT2D eigenvalue weighted by atomic mass is 10.1. The summed E-state index contributed by atoms with van der Waals surface area (Å²) >= 11 is 5.88. The van der Waals surface area contributed by atoms with Gasteiger partial charge in [-0.2, -0.15) is 23.5 Å². The first-order valence-electron chi connectivity index (χ1n) is 10.1. The Balaban J connectivity index is 2.10. The van der Waals surface area contributed by atoms with Crippen molar-refractivity contribution < 1.29 is 22.3 Å². The number of hydrogen-bond donors (Lipinski definition) is 1. The number of alkyl halides is 3. The number of nitrogens with zero attached hydrogens (tertiary/aromatic N) is 5. The highest BCUT2D eigenvalue weighted by molar-refractivity contribution is 6.30. The molecule has 3 rings (SSSR count). The van der Waals surface area contributed by atoms with Gasteiger partial charge in [-0.25, -0.2) is 14.5 Å². The van der Waals surface area contributed by atoms with E-state index in [1.165, 1.54) is 12.1 Å². The fourth-order valence-corrected chi connectivity index (χ4v) is 3.32. The third kappa shape index (κ3) is 6.56. The predicted octanol–water partition coefficient (Wildman–Crippen LogP) is 4.63. The first kappa shape index (κ1) is 27.0. The first-order chi connectivity index (χ1) is 17.4. The molecule has 0 bridgehead atoms. The number of halogens is 5. The van der Waals surface area contributed by atoms with Crippen LogP contribution in [0.2, 0.25) is 5.02 Å². The SMILES string of the molecule is C=N/C=C(\C=C(/C)F)c1cc(Cn2cnc(C(F)(F)F)c(Oc3cc(Cl)cc(C#N)c3)c2=O)n[nH]c1=O. The lowest BCUT2D eigenvalue weighted by Crippen LogP contribution is -2.27. The van der Waals surface area contributed by atoms with Gasteiger partial charge in [-0.15, -0.1) is 0 Å².